The number of ether oxygens (including phenoxy) is 1. The molecule has 0 spiro atoms. The van der Waals surface area contributed by atoms with E-state index in [1.54, 1.807) is 25.3 Å². The summed E-state index contributed by atoms with van der Waals surface area (Å²) in [6.45, 7) is 6.98. The van der Waals surface area contributed by atoms with Crippen molar-refractivity contribution in [2.75, 3.05) is 19.4 Å². The Balaban J connectivity index is 2.75. The highest BCUT2D eigenvalue weighted by atomic mass is 16.5. The maximum absolute atomic E-state index is 12.0. The lowest BCUT2D eigenvalue weighted by Crippen LogP contribution is -2.33. The summed E-state index contributed by atoms with van der Waals surface area (Å²) in [6, 6.07) is 5.02. The Morgan fingerprint density at radius 3 is 2.61 bits per heavy atom. The summed E-state index contributed by atoms with van der Waals surface area (Å²) in [5, 5.41) is 2.92. The molecular weight excluding hydrogens is 228 g/mol. The molecule has 1 rings (SSSR count). The molecule has 18 heavy (non-hydrogen) atoms. The lowest BCUT2D eigenvalue weighted by atomic mass is 9.90. The minimum absolute atomic E-state index is 0.0973. The predicted octanol–water partition coefficient (Wildman–Crippen LogP) is 2.44. The van der Waals surface area contributed by atoms with Crippen LogP contribution >= 0.6 is 0 Å². The average molecular weight is 250 g/mol. The number of rotatable bonds is 5. The first kappa shape index (κ1) is 14.4. The predicted molar refractivity (Wildman–Crippen MR) is 73.8 cm³/mol. The molecule has 4 nitrogen and oxygen atoms in total. The maximum Gasteiger partial charge on any atom is 0.251 e. The van der Waals surface area contributed by atoms with Gasteiger partial charge in [-0.3, -0.25) is 4.79 Å². The van der Waals surface area contributed by atoms with Crippen molar-refractivity contribution >= 4 is 11.6 Å². The molecule has 4 heteroatoms. The lowest BCUT2D eigenvalue weighted by Gasteiger charge is -2.22. The van der Waals surface area contributed by atoms with Crippen LogP contribution in [0.1, 0.15) is 37.6 Å². The Morgan fingerprint density at radius 1 is 1.39 bits per heavy atom. The number of anilines is 1. The first-order valence-electron chi connectivity index (χ1n) is 6.10. The van der Waals surface area contributed by atoms with Crippen LogP contribution in [0, 0.1) is 5.41 Å². The molecule has 0 aliphatic carbocycles. The zero-order chi connectivity index (χ0) is 13.8. The van der Waals surface area contributed by atoms with E-state index in [1.807, 2.05) is 0 Å². The summed E-state index contributed by atoms with van der Waals surface area (Å²) >= 11 is 0. The Hall–Kier alpha value is -1.71. The zero-order valence-corrected chi connectivity index (χ0v) is 11.5. The van der Waals surface area contributed by atoms with Crippen molar-refractivity contribution in [3.63, 3.8) is 0 Å². The molecular formula is C14H22N2O2. The second-order valence-electron chi connectivity index (χ2n) is 5.20. The van der Waals surface area contributed by atoms with E-state index in [-0.39, 0.29) is 11.3 Å². The number of methoxy groups -OCH3 is 1. The van der Waals surface area contributed by atoms with Crippen LogP contribution in [0.3, 0.4) is 0 Å². The van der Waals surface area contributed by atoms with E-state index in [2.05, 4.69) is 26.1 Å². The van der Waals surface area contributed by atoms with Gasteiger partial charge in [-0.2, -0.15) is 0 Å². The van der Waals surface area contributed by atoms with Crippen LogP contribution in [0.25, 0.3) is 0 Å². The van der Waals surface area contributed by atoms with Crippen molar-refractivity contribution < 1.29 is 9.53 Å². The van der Waals surface area contributed by atoms with Gasteiger partial charge in [-0.25, -0.2) is 0 Å². The minimum Gasteiger partial charge on any atom is -0.497 e. The van der Waals surface area contributed by atoms with E-state index in [1.165, 1.54) is 0 Å². The first-order chi connectivity index (χ1) is 8.38. The quantitative estimate of drug-likeness (QED) is 0.789. The number of hydrogen-bond acceptors (Lipinski definition) is 3. The molecule has 0 bridgehead atoms. The van der Waals surface area contributed by atoms with Crippen LogP contribution in [-0.2, 0) is 0 Å². The topological polar surface area (TPSA) is 64.4 Å². The van der Waals surface area contributed by atoms with Gasteiger partial charge in [0.05, 0.1) is 7.11 Å². The van der Waals surface area contributed by atoms with Gasteiger partial charge < -0.3 is 15.8 Å². The van der Waals surface area contributed by atoms with Gasteiger partial charge in [-0.1, -0.05) is 20.8 Å². The van der Waals surface area contributed by atoms with Crippen molar-refractivity contribution in [1.82, 2.24) is 5.32 Å². The highest BCUT2D eigenvalue weighted by molar-refractivity contribution is 5.95. The Morgan fingerprint density at radius 2 is 2.06 bits per heavy atom. The van der Waals surface area contributed by atoms with Gasteiger partial charge in [0.15, 0.2) is 0 Å². The van der Waals surface area contributed by atoms with E-state index >= 15 is 0 Å². The second-order valence-corrected chi connectivity index (χ2v) is 5.20. The van der Waals surface area contributed by atoms with Crippen molar-refractivity contribution in [2.45, 2.75) is 27.2 Å². The summed E-state index contributed by atoms with van der Waals surface area (Å²) in [7, 11) is 1.55. The second kappa shape index (κ2) is 5.76. The highest BCUT2D eigenvalue weighted by Crippen LogP contribution is 2.20. The standard InChI is InChI=1S/C14H22N2O2/c1-5-14(2,3)9-16-13(17)10-6-11(15)8-12(7-10)18-4/h6-8H,5,9,15H2,1-4H3,(H,16,17). The molecule has 0 fully saturated rings. The number of hydrogen-bond donors (Lipinski definition) is 2. The molecule has 1 amide bonds. The van der Waals surface area contributed by atoms with Gasteiger partial charge in [0.25, 0.3) is 5.91 Å². The smallest absolute Gasteiger partial charge is 0.251 e. The third-order valence-corrected chi connectivity index (χ3v) is 3.11. The van der Waals surface area contributed by atoms with Gasteiger partial charge in [0.2, 0.25) is 0 Å². The fourth-order valence-corrected chi connectivity index (χ4v) is 1.42. The molecule has 0 saturated heterocycles. The van der Waals surface area contributed by atoms with Gasteiger partial charge in [0.1, 0.15) is 5.75 Å². The van der Waals surface area contributed by atoms with Crippen LogP contribution in [0.4, 0.5) is 5.69 Å². The molecule has 0 atom stereocenters. The van der Waals surface area contributed by atoms with Gasteiger partial charge in [-0.05, 0) is 24.0 Å². The molecule has 0 aliphatic rings. The Bertz CT molecular complexity index is 428. The van der Waals surface area contributed by atoms with Crippen molar-refractivity contribution in [3.8, 4) is 5.75 Å². The number of carbonyl (C=O) groups is 1. The van der Waals surface area contributed by atoms with Gasteiger partial charge in [0, 0.05) is 23.9 Å². The molecule has 3 N–H and O–H groups in total. The molecule has 0 aromatic heterocycles. The molecule has 1 aromatic carbocycles. The van der Waals surface area contributed by atoms with E-state index in [0.717, 1.165) is 6.42 Å². The number of carbonyl (C=O) groups excluding carboxylic acids is 1. The molecule has 0 radical (unpaired) electrons. The molecule has 1 aromatic rings. The zero-order valence-electron chi connectivity index (χ0n) is 11.5. The number of nitrogens with two attached hydrogens (primary N) is 1. The monoisotopic (exact) mass is 250 g/mol. The fourth-order valence-electron chi connectivity index (χ4n) is 1.42. The van der Waals surface area contributed by atoms with Crippen molar-refractivity contribution in [2.24, 2.45) is 5.41 Å². The van der Waals surface area contributed by atoms with Crippen LogP contribution in [-0.4, -0.2) is 19.6 Å². The summed E-state index contributed by atoms with van der Waals surface area (Å²) in [5.41, 5.74) is 6.87. The Kier molecular flexibility index (Phi) is 4.59. The van der Waals surface area contributed by atoms with Crippen LogP contribution < -0.4 is 15.8 Å². The van der Waals surface area contributed by atoms with E-state index in [9.17, 15) is 4.79 Å². The summed E-state index contributed by atoms with van der Waals surface area (Å²) in [5.74, 6) is 0.469. The van der Waals surface area contributed by atoms with E-state index in [0.29, 0.717) is 23.5 Å². The average Bonchev–Trinajstić information content (AvgIpc) is 2.35. The minimum atomic E-state index is -0.123. The molecule has 0 heterocycles. The maximum atomic E-state index is 12.0. The summed E-state index contributed by atoms with van der Waals surface area (Å²) in [6.07, 6.45) is 1.01. The number of nitrogen functional groups attached to an aromatic ring is 1. The van der Waals surface area contributed by atoms with E-state index in [4.69, 9.17) is 10.5 Å². The molecule has 0 aliphatic heterocycles. The first-order valence-corrected chi connectivity index (χ1v) is 6.10. The van der Waals surface area contributed by atoms with Crippen LogP contribution in [0.2, 0.25) is 0 Å². The SMILES string of the molecule is CCC(C)(C)CNC(=O)c1cc(N)cc(OC)c1. The largest absolute Gasteiger partial charge is 0.497 e. The number of amides is 1. The third kappa shape index (κ3) is 3.95. The summed E-state index contributed by atoms with van der Waals surface area (Å²) in [4.78, 5) is 12.0. The highest BCUT2D eigenvalue weighted by Gasteiger charge is 2.17. The number of benzene rings is 1. The van der Waals surface area contributed by atoms with Crippen molar-refractivity contribution in [1.29, 1.82) is 0 Å². The molecule has 100 valence electrons. The van der Waals surface area contributed by atoms with E-state index < -0.39 is 0 Å². The molecule has 0 unspecified atom stereocenters. The summed E-state index contributed by atoms with van der Waals surface area (Å²) < 4.78 is 5.09. The molecule has 0 saturated carbocycles. The normalized spacial score (nSPS) is 11.1. The van der Waals surface area contributed by atoms with Crippen LogP contribution in [0.5, 0.6) is 5.75 Å². The van der Waals surface area contributed by atoms with Crippen molar-refractivity contribution in [3.05, 3.63) is 23.8 Å². The van der Waals surface area contributed by atoms with Gasteiger partial charge >= 0.3 is 0 Å². The fraction of sp³-hybridized carbons (Fsp3) is 0.500. The Labute approximate surface area is 109 Å². The third-order valence-electron chi connectivity index (χ3n) is 3.11. The van der Waals surface area contributed by atoms with Gasteiger partial charge in [-0.15, -0.1) is 0 Å². The number of nitrogens with one attached hydrogen (secondary N) is 1. The van der Waals surface area contributed by atoms with Crippen LogP contribution in [0.15, 0.2) is 18.2 Å². The lowest BCUT2D eigenvalue weighted by molar-refractivity contribution is 0.0935.